The number of ether oxygens (including phenoxy) is 1. The number of carbonyl (C=O) groups excluding carboxylic acids is 1. The molecule has 5 nitrogen and oxygen atoms in total. The van der Waals surface area contributed by atoms with Crippen molar-refractivity contribution in [1.29, 1.82) is 0 Å². The molecule has 0 unspecified atom stereocenters. The summed E-state index contributed by atoms with van der Waals surface area (Å²) in [6.07, 6.45) is 3.84. The first-order chi connectivity index (χ1) is 14.8. The topological polar surface area (TPSA) is 64.4 Å². The highest BCUT2D eigenvalue weighted by atomic mass is 32.2. The number of aliphatic imine (C=N–C) groups is 1. The van der Waals surface area contributed by atoms with Crippen molar-refractivity contribution in [2.45, 2.75) is 54.8 Å². The normalized spacial score (nSPS) is 27.6. The highest BCUT2D eigenvalue weighted by Crippen LogP contribution is 2.61. The molecule has 31 heavy (non-hydrogen) atoms. The molecule has 3 aliphatic heterocycles. The number of aromatic nitrogens is 2. The number of thioether (sulfide) groups is 2. The van der Waals surface area contributed by atoms with Crippen LogP contribution in [0.3, 0.4) is 0 Å². The summed E-state index contributed by atoms with van der Waals surface area (Å²) in [4.78, 5) is 27.6. The average Bonchev–Trinajstić information content (AvgIpc) is 3.49. The lowest BCUT2D eigenvalue weighted by atomic mass is 9.66. The zero-order valence-electron chi connectivity index (χ0n) is 18.1. The van der Waals surface area contributed by atoms with E-state index in [1.165, 1.54) is 5.57 Å². The monoisotopic (exact) mass is 451 g/mol. The highest BCUT2D eigenvalue weighted by molar-refractivity contribution is 8.00. The number of hydrogen-bond donors (Lipinski definition) is 0. The number of allylic oxidation sites excluding steroid dienone is 1. The van der Waals surface area contributed by atoms with Gasteiger partial charge in [0.25, 0.3) is 0 Å². The Kier molecular flexibility index (Phi) is 5.01. The van der Waals surface area contributed by atoms with Gasteiger partial charge in [-0.2, -0.15) is 0 Å². The highest BCUT2D eigenvalue weighted by Gasteiger charge is 2.70. The first-order valence-electron chi connectivity index (χ1n) is 10.5. The molecule has 0 saturated carbocycles. The molecule has 0 N–H and O–H groups in total. The number of fused-ring (bicyclic) bond motifs is 4. The molecule has 5 rings (SSSR count). The van der Waals surface area contributed by atoms with E-state index in [2.05, 4.69) is 29.9 Å². The molecule has 3 aliphatic rings. The molecular weight excluding hydrogens is 426 g/mol. The first-order valence-corrected chi connectivity index (χ1v) is 12.4. The number of benzene rings is 1. The number of esters is 1. The zero-order valence-corrected chi connectivity index (χ0v) is 19.7. The predicted octanol–water partition coefficient (Wildman–Crippen LogP) is 4.92. The summed E-state index contributed by atoms with van der Waals surface area (Å²) in [6, 6.07) is 9.96. The van der Waals surface area contributed by atoms with E-state index < -0.39 is 11.1 Å². The standard InChI is InChI=1S/C24H25N3O2S2/c1-14(2)10-11-30-20-17-18-16(12-31-21(17)26-13-25-20)23(3,4)29-22(28)24(18)19(27-24)15-8-6-5-7-9-15/h5-10,13,16,18H,11-12H2,1-4H3/t16-,18-,24+/m1/s1. The van der Waals surface area contributed by atoms with Crippen LogP contribution in [0.1, 0.15) is 44.7 Å². The van der Waals surface area contributed by atoms with E-state index in [1.807, 2.05) is 44.2 Å². The van der Waals surface area contributed by atoms with Gasteiger partial charge >= 0.3 is 5.97 Å². The van der Waals surface area contributed by atoms with Crippen LogP contribution in [0.15, 0.2) is 63.4 Å². The van der Waals surface area contributed by atoms with Gasteiger partial charge in [0.2, 0.25) is 5.54 Å². The minimum Gasteiger partial charge on any atom is -0.457 e. The Labute approximate surface area is 191 Å². The SMILES string of the molecule is CC(C)=CCSc1ncnc2c1[C@H]1[C@@H](CS2)C(C)(C)OC(=O)[C@]12N=C2c1ccccc1. The van der Waals surface area contributed by atoms with E-state index >= 15 is 0 Å². The fourth-order valence-electron chi connectivity index (χ4n) is 4.62. The summed E-state index contributed by atoms with van der Waals surface area (Å²) >= 11 is 3.44. The molecule has 3 atom stereocenters. The van der Waals surface area contributed by atoms with Crippen LogP contribution in [-0.2, 0) is 9.53 Å². The quantitative estimate of drug-likeness (QED) is 0.285. The van der Waals surface area contributed by atoms with E-state index in [-0.39, 0.29) is 17.8 Å². The van der Waals surface area contributed by atoms with Gasteiger partial charge in [0.15, 0.2) is 0 Å². The number of nitrogens with zero attached hydrogens (tertiary/aromatic N) is 3. The van der Waals surface area contributed by atoms with Crippen molar-refractivity contribution >= 4 is 35.2 Å². The van der Waals surface area contributed by atoms with E-state index in [0.29, 0.717) is 0 Å². The second-order valence-corrected chi connectivity index (χ2v) is 11.0. The van der Waals surface area contributed by atoms with Crippen molar-refractivity contribution in [3.05, 3.63) is 59.4 Å². The molecule has 1 fully saturated rings. The van der Waals surface area contributed by atoms with Crippen LogP contribution in [0.2, 0.25) is 0 Å². The van der Waals surface area contributed by atoms with Crippen LogP contribution in [0, 0.1) is 5.92 Å². The fourth-order valence-corrected chi connectivity index (χ4v) is 7.20. The summed E-state index contributed by atoms with van der Waals surface area (Å²) in [5.74, 6) is 1.43. The molecule has 1 spiro atoms. The van der Waals surface area contributed by atoms with Gasteiger partial charge in [-0.3, -0.25) is 4.99 Å². The van der Waals surface area contributed by atoms with Crippen LogP contribution in [0.25, 0.3) is 0 Å². The van der Waals surface area contributed by atoms with Gasteiger partial charge in [0, 0.05) is 28.9 Å². The van der Waals surface area contributed by atoms with Crippen molar-refractivity contribution in [3.63, 3.8) is 0 Å². The molecule has 7 heteroatoms. The summed E-state index contributed by atoms with van der Waals surface area (Å²) in [5, 5.41) is 1.92. The molecular formula is C24H25N3O2S2. The van der Waals surface area contributed by atoms with Gasteiger partial charge in [-0.05, 0) is 33.3 Å². The fraction of sp³-hybridized carbons (Fsp3) is 0.417. The maximum absolute atomic E-state index is 13.5. The molecule has 1 saturated heterocycles. The van der Waals surface area contributed by atoms with E-state index in [9.17, 15) is 4.79 Å². The van der Waals surface area contributed by atoms with Crippen molar-refractivity contribution in [3.8, 4) is 0 Å². The van der Waals surface area contributed by atoms with Crippen molar-refractivity contribution in [2.75, 3.05) is 11.5 Å². The third-order valence-electron chi connectivity index (χ3n) is 6.29. The van der Waals surface area contributed by atoms with Gasteiger partial charge in [0.1, 0.15) is 22.0 Å². The van der Waals surface area contributed by atoms with E-state index in [0.717, 1.165) is 38.4 Å². The molecule has 4 heterocycles. The first kappa shape index (κ1) is 20.8. The number of rotatable bonds is 4. The van der Waals surface area contributed by atoms with Crippen LogP contribution < -0.4 is 0 Å². The Morgan fingerprint density at radius 3 is 2.77 bits per heavy atom. The Morgan fingerprint density at radius 2 is 2.03 bits per heavy atom. The van der Waals surface area contributed by atoms with Crippen LogP contribution in [0.4, 0.5) is 0 Å². The molecule has 0 aliphatic carbocycles. The molecule has 1 aromatic heterocycles. The average molecular weight is 452 g/mol. The maximum atomic E-state index is 13.5. The second-order valence-electron chi connectivity index (χ2n) is 8.97. The molecule has 0 radical (unpaired) electrons. The van der Waals surface area contributed by atoms with Gasteiger partial charge in [-0.15, -0.1) is 23.5 Å². The number of cyclic esters (lactones) is 1. The summed E-state index contributed by atoms with van der Waals surface area (Å²) in [5.41, 5.74) is 2.61. The van der Waals surface area contributed by atoms with E-state index in [4.69, 9.17) is 9.73 Å². The molecule has 160 valence electrons. The summed E-state index contributed by atoms with van der Waals surface area (Å²) in [7, 11) is 0. The third-order valence-corrected chi connectivity index (χ3v) is 8.35. The Bertz CT molecular complexity index is 1110. The number of carbonyl (C=O) groups is 1. The van der Waals surface area contributed by atoms with Gasteiger partial charge in [-0.25, -0.2) is 14.8 Å². The molecule has 1 aromatic carbocycles. The van der Waals surface area contributed by atoms with Crippen LogP contribution in [-0.4, -0.2) is 44.3 Å². The largest absolute Gasteiger partial charge is 0.457 e. The summed E-state index contributed by atoms with van der Waals surface area (Å²) < 4.78 is 6.02. The molecule has 0 bridgehead atoms. The lowest BCUT2D eigenvalue weighted by molar-refractivity contribution is -0.176. The van der Waals surface area contributed by atoms with Crippen molar-refractivity contribution in [2.24, 2.45) is 10.9 Å². The minimum absolute atomic E-state index is 0.120. The van der Waals surface area contributed by atoms with Crippen LogP contribution >= 0.6 is 23.5 Å². The summed E-state index contributed by atoms with van der Waals surface area (Å²) in [6.45, 7) is 8.23. The predicted molar refractivity (Wildman–Crippen MR) is 125 cm³/mol. The lowest BCUT2D eigenvalue weighted by Gasteiger charge is -2.49. The maximum Gasteiger partial charge on any atom is 0.341 e. The molecule has 2 aromatic rings. The van der Waals surface area contributed by atoms with Crippen molar-refractivity contribution in [1.82, 2.24) is 9.97 Å². The minimum atomic E-state index is -0.964. The van der Waals surface area contributed by atoms with E-state index in [1.54, 1.807) is 29.9 Å². The van der Waals surface area contributed by atoms with Crippen molar-refractivity contribution < 1.29 is 9.53 Å². The van der Waals surface area contributed by atoms with Crippen LogP contribution in [0.5, 0.6) is 0 Å². The smallest absolute Gasteiger partial charge is 0.341 e. The Hall–Kier alpha value is -2.12. The van der Waals surface area contributed by atoms with Gasteiger partial charge in [0.05, 0.1) is 5.71 Å². The third kappa shape index (κ3) is 3.33. The lowest BCUT2D eigenvalue weighted by Crippen LogP contribution is -2.58. The zero-order chi connectivity index (χ0) is 21.8. The second kappa shape index (κ2) is 7.48. The molecule has 0 amide bonds. The Morgan fingerprint density at radius 1 is 1.26 bits per heavy atom. The van der Waals surface area contributed by atoms with Gasteiger partial charge in [-0.1, -0.05) is 42.0 Å². The Balaban J connectivity index is 1.62. The van der Waals surface area contributed by atoms with Gasteiger partial charge < -0.3 is 4.74 Å². The number of hydrogen-bond acceptors (Lipinski definition) is 7.